The van der Waals surface area contributed by atoms with E-state index in [1.807, 2.05) is 5.38 Å². The van der Waals surface area contributed by atoms with Gasteiger partial charge in [0.05, 0.1) is 17.5 Å². The zero-order valence-electron chi connectivity index (χ0n) is 10.9. The van der Waals surface area contributed by atoms with Crippen LogP contribution in [0.25, 0.3) is 16.9 Å². The third-order valence-corrected chi connectivity index (χ3v) is 5.16. The Morgan fingerprint density at radius 3 is 3.05 bits per heavy atom. The lowest BCUT2D eigenvalue weighted by molar-refractivity contribution is -0.141. The lowest BCUT2D eigenvalue weighted by Crippen LogP contribution is -2.51. The van der Waals surface area contributed by atoms with Crippen LogP contribution in [0.4, 0.5) is 0 Å². The van der Waals surface area contributed by atoms with Gasteiger partial charge in [-0.05, 0) is 6.08 Å². The molecule has 0 radical (unpaired) electrons. The Kier molecular flexibility index (Phi) is 2.91. The number of hydrogen-bond donors (Lipinski definition) is 2. The Morgan fingerprint density at radius 2 is 2.32 bits per heavy atom. The second kappa shape index (κ2) is 4.82. The number of carbonyl (C=O) groups is 2. The monoisotopic (exact) mass is 332 g/mol. The first-order valence-electron chi connectivity index (χ1n) is 6.24. The summed E-state index contributed by atoms with van der Waals surface area (Å²) in [4.78, 5) is 35.9. The van der Waals surface area contributed by atoms with Crippen LogP contribution in [0.5, 0.6) is 0 Å². The van der Waals surface area contributed by atoms with Gasteiger partial charge in [0.1, 0.15) is 11.1 Å². The molecule has 1 fully saturated rings. The second-order valence-corrected chi connectivity index (χ2v) is 6.44. The molecule has 2 aliphatic heterocycles. The minimum Gasteiger partial charge on any atom is -0.477 e. The van der Waals surface area contributed by atoms with E-state index in [4.69, 9.17) is 5.11 Å². The maximum atomic E-state index is 12.1. The molecule has 1 saturated heterocycles. The zero-order chi connectivity index (χ0) is 15.3. The lowest BCUT2D eigenvalue weighted by atomic mass is 10.0. The van der Waals surface area contributed by atoms with Crippen molar-refractivity contribution in [1.29, 1.82) is 0 Å². The number of aromatic amines is 1. The smallest absolute Gasteiger partial charge is 0.353 e. The van der Waals surface area contributed by atoms with Gasteiger partial charge in [-0.2, -0.15) is 0 Å². The topological polar surface area (TPSA) is 99.2 Å². The Hall–Kier alpha value is -2.39. The largest absolute Gasteiger partial charge is 0.477 e. The van der Waals surface area contributed by atoms with Crippen molar-refractivity contribution in [3.05, 3.63) is 40.1 Å². The van der Waals surface area contributed by atoms with E-state index in [1.165, 1.54) is 33.4 Å². The van der Waals surface area contributed by atoms with E-state index in [1.54, 1.807) is 18.5 Å². The van der Waals surface area contributed by atoms with Crippen LogP contribution >= 0.6 is 23.1 Å². The van der Waals surface area contributed by atoms with Crippen molar-refractivity contribution in [3.8, 4) is 10.8 Å². The first-order chi connectivity index (χ1) is 10.6. The molecule has 1 amide bonds. The number of β-lactam (4-membered cyclic amide) rings is 1. The molecule has 2 aromatic heterocycles. The summed E-state index contributed by atoms with van der Waals surface area (Å²) in [6, 6.07) is 0. The van der Waals surface area contributed by atoms with Crippen LogP contribution in [0, 0.1) is 0 Å². The Bertz CT molecular complexity index is 837. The molecule has 7 nitrogen and oxygen atoms in total. The highest BCUT2D eigenvalue weighted by Gasteiger charge is 2.49. The number of H-pyrrole nitrogens is 1. The van der Waals surface area contributed by atoms with Crippen molar-refractivity contribution in [2.75, 3.05) is 0 Å². The zero-order valence-corrected chi connectivity index (χ0v) is 12.5. The number of carbonyl (C=O) groups excluding carboxylic acids is 1. The first kappa shape index (κ1) is 13.3. The summed E-state index contributed by atoms with van der Waals surface area (Å²) < 4.78 is 0. The van der Waals surface area contributed by atoms with Crippen LogP contribution in [0.1, 0.15) is 5.69 Å². The number of nitrogens with zero attached hydrogens (tertiary/aromatic N) is 3. The molecule has 1 atom stereocenters. The summed E-state index contributed by atoms with van der Waals surface area (Å²) >= 11 is 2.78. The SMILES string of the molecule is O=C(O)C1=CS[C@@H]2/C(=C\c3cnc(-c4nccs4)[nH]3)C(=O)N12. The van der Waals surface area contributed by atoms with Crippen molar-refractivity contribution in [3.63, 3.8) is 0 Å². The number of fused-ring (bicyclic) bond motifs is 1. The molecule has 2 aromatic rings. The van der Waals surface area contributed by atoms with Gasteiger partial charge in [-0.15, -0.1) is 23.1 Å². The highest BCUT2D eigenvalue weighted by atomic mass is 32.2. The van der Waals surface area contributed by atoms with Gasteiger partial charge >= 0.3 is 5.97 Å². The molecule has 2 aliphatic rings. The van der Waals surface area contributed by atoms with Crippen molar-refractivity contribution >= 4 is 41.1 Å². The quantitative estimate of drug-likeness (QED) is 0.656. The van der Waals surface area contributed by atoms with E-state index < -0.39 is 5.97 Å². The second-order valence-electron chi connectivity index (χ2n) is 4.60. The van der Waals surface area contributed by atoms with Gasteiger partial charge in [-0.3, -0.25) is 9.69 Å². The van der Waals surface area contributed by atoms with E-state index in [9.17, 15) is 9.59 Å². The average molecular weight is 332 g/mol. The van der Waals surface area contributed by atoms with E-state index in [2.05, 4.69) is 15.0 Å². The molecule has 9 heteroatoms. The molecule has 110 valence electrons. The number of thioether (sulfide) groups is 1. The molecule has 4 rings (SSSR count). The summed E-state index contributed by atoms with van der Waals surface area (Å²) in [5.74, 6) is -0.724. The summed E-state index contributed by atoms with van der Waals surface area (Å²) in [6.45, 7) is 0. The highest BCUT2D eigenvalue weighted by Crippen LogP contribution is 2.45. The van der Waals surface area contributed by atoms with Gasteiger partial charge in [0.2, 0.25) is 0 Å². The number of imidazole rings is 1. The fourth-order valence-electron chi connectivity index (χ4n) is 2.29. The molecular weight excluding hydrogens is 324 g/mol. The molecule has 0 saturated carbocycles. The summed E-state index contributed by atoms with van der Waals surface area (Å²) in [5.41, 5.74) is 1.29. The van der Waals surface area contributed by atoms with E-state index in [-0.39, 0.29) is 17.0 Å². The number of amides is 1. The van der Waals surface area contributed by atoms with Gasteiger partial charge in [0, 0.05) is 17.0 Å². The van der Waals surface area contributed by atoms with Crippen LogP contribution < -0.4 is 0 Å². The Morgan fingerprint density at radius 1 is 1.45 bits per heavy atom. The number of thiazole rings is 1. The van der Waals surface area contributed by atoms with Crippen LogP contribution in [-0.2, 0) is 9.59 Å². The number of nitrogens with one attached hydrogen (secondary N) is 1. The molecule has 22 heavy (non-hydrogen) atoms. The average Bonchev–Trinajstić information content (AvgIpc) is 3.22. The van der Waals surface area contributed by atoms with Crippen LogP contribution in [0.3, 0.4) is 0 Å². The van der Waals surface area contributed by atoms with Gasteiger partial charge in [0.25, 0.3) is 5.91 Å². The van der Waals surface area contributed by atoms with Gasteiger partial charge in [-0.1, -0.05) is 0 Å². The van der Waals surface area contributed by atoms with Gasteiger partial charge in [-0.25, -0.2) is 14.8 Å². The third kappa shape index (κ3) is 1.90. The third-order valence-electron chi connectivity index (χ3n) is 3.29. The normalized spacial score (nSPS) is 21.7. The van der Waals surface area contributed by atoms with E-state index >= 15 is 0 Å². The predicted molar refractivity (Wildman–Crippen MR) is 81.6 cm³/mol. The number of hydrogen-bond acceptors (Lipinski definition) is 6. The molecule has 0 aliphatic carbocycles. The number of aromatic nitrogens is 3. The van der Waals surface area contributed by atoms with Crippen LogP contribution in [-0.4, -0.2) is 42.2 Å². The number of carboxylic acids is 1. The molecule has 0 bridgehead atoms. The predicted octanol–water partition coefficient (Wildman–Crippen LogP) is 1.76. The molecular formula is C13H8N4O3S2. The molecule has 0 spiro atoms. The Labute approximate surface area is 132 Å². The van der Waals surface area contributed by atoms with E-state index in [0.29, 0.717) is 17.1 Å². The fraction of sp³-hybridized carbons (Fsp3) is 0.0769. The first-order valence-corrected chi connectivity index (χ1v) is 8.06. The van der Waals surface area contributed by atoms with E-state index in [0.717, 1.165) is 5.01 Å². The van der Waals surface area contributed by atoms with Crippen molar-refractivity contribution in [2.45, 2.75) is 5.37 Å². The maximum absolute atomic E-state index is 12.1. The molecule has 0 unspecified atom stereocenters. The molecule has 2 N–H and O–H groups in total. The molecule has 4 heterocycles. The number of carboxylic acid groups (broad SMARTS) is 1. The summed E-state index contributed by atoms with van der Waals surface area (Å²) in [7, 11) is 0. The number of rotatable bonds is 3. The highest BCUT2D eigenvalue weighted by molar-refractivity contribution is 8.03. The Balaban J connectivity index is 1.58. The van der Waals surface area contributed by atoms with Crippen LogP contribution in [0.2, 0.25) is 0 Å². The minimum atomic E-state index is -1.09. The number of aliphatic carboxylic acids is 1. The van der Waals surface area contributed by atoms with Crippen molar-refractivity contribution in [2.24, 2.45) is 0 Å². The minimum absolute atomic E-state index is 0.0326. The summed E-state index contributed by atoms with van der Waals surface area (Å²) in [6.07, 6.45) is 5.03. The van der Waals surface area contributed by atoms with Gasteiger partial charge < -0.3 is 10.1 Å². The lowest BCUT2D eigenvalue weighted by Gasteiger charge is -2.37. The standard InChI is InChI=1S/C13H8N4O3S2/c18-11-7(12-17(11)8(5-22-12)13(19)20)3-6-4-15-9(16-6)10-14-1-2-21-10/h1-5,12H,(H,15,16)(H,19,20)/b7-3-/t12-/m1/s1. The van der Waals surface area contributed by atoms with Crippen LogP contribution in [0.15, 0.2) is 34.5 Å². The molecule has 0 aromatic carbocycles. The van der Waals surface area contributed by atoms with Gasteiger partial charge in [0.15, 0.2) is 10.8 Å². The summed E-state index contributed by atoms with van der Waals surface area (Å²) in [5, 5.41) is 12.9. The fourth-order valence-corrected chi connectivity index (χ4v) is 4.00. The van der Waals surface area contributed by atoms with Crippen molar-refractivity contribution < 1.29 is 14.7 Å². The maximum Gasteiger partial charge on any atom is 0.353 e. The van der Waals surface area contributed by atoms with Crippen molar-refractivity contribution in [1.82, 2.24) is 19.9 Å².